The summed E-state index contributed by atoms with van der Waals surface area (Å²) in [5.41, 5.74) is 3.90. The van der Waals surface area contributed by atoms with Gasteiger partial charge in [-0.25, -0.2) is 9.36 Å². The van der Waals surface area contributed by atoms with E-state index in [0.29, 0.717) is 18.3 Å². The van der Waals surface area contributed by atoms with Crippen molar-refractivity contribution in [2.24, 2.45) is 5.92 Å². The van der Waals surface area contributed by atoms with E-state index >= 15 is 0 Å². The van der Waals surface area contributed by atoms with Gasteiger partial charge in [0.25, 0.3) is 5.56 Å². The van der Waals surface area contributed by atoms with Crippen molar-refractivity contribution < 1.29 is 4.74 Å². The van der Waals surface area contributed by atoms with Crippen molar-refractivity contribution in [3.8, 4) is 11.6 Å². The summed E-state index contributed by atoms with van der Waals surface area (Å²) in [5.74, 6) is 1.82. The fourth-order valence-corrected chi connectivity index (χ4v) is 4.18. The van der Waals surface area contributed by atoms with Crippen LogP contribution in [0, 0.1) is 19.8 Å². The van der Waals surface area contributed by atoms with Gasteiger partial charge in [0.05, 0.1) is 24.9 Å². The van der Waals surface area contributed by atoms with Gasteiger partial charge >= 0.3 is 0 Å². The second-order valence-electron chi connectivity index (χ2n) is 8.03. The van der Waals surface area contributed by atoms with Crippen molar-refractivity contribution in [3.63, 3.8) is 0 Å². The van der Waals surface area contributed by atoms with Crippen molar-refractivity contribution in [1.29, 1.82) is 0 Å². The number of aromatic nitrogens is 5. The standard InChI is InChI=1S/C23H24N6O2/c1-15-10-16(2)29(25-15)22-6-7-23(30)28(26-22)14-17-12-27(13-17)21-8-9-24-20-5-4-18(31-3)11-19(20)21/h4-11,17H,12-14H2,1-3H3. The molecule has 31 heavy (non-hydrogen) atoms. The van der Waals surface area contributed by atoms with Crippen molar-refractivity contribution >= 4 is 16.6 Å². The van der Waals surface area contributed by atoms with Crippen LogP contribution < -0.4 is 15.2 Å². The summed E-state index contributed by atoms with van der Waals surface area (Å²) in [4.78, 5) is 19.2. The van der Waals surface area contributed by atoms with E-state index in [1.54, 1.807) is 28.6 Å². The minimum atomic E-state index is -0.0946. The Bertz CT molecular complexity index is 1320. The number of fused-ring (bicyclic) bond motifs is 1. The number of methoxy groups -OCH3 is 1. The molecule has 8 nitrogen and oxygen atoms in total. The molecule has 1 fully saturated rings. The first kappa shape index (κ1) is 19.3. The van der Waals surface area contributed by atoms with E-state index in [0.717, 1.165) is 46.8 Å². The zero-order valence-corrected chi connectivity index (χ0v) is 17.8. The van der Waals surface area contributed by atoms with Crippen LogP contribution in [-0.2, 0) is 6.54 Å². The van der Waals surface area contributed by atoms with Gasteiger partial charge in [-0.3, -0.25) is 9.78 Å². The zero-order chi connectivity index (χ0) is 21.5. The highest BCUT2D eigenvalue weighted by molar-refractivity contribution is 5.92. The Morgan fingerprint density at radius 2 is 1.90 bits per heavy atom. The molecule has 4 heterocycles. The van der Waals surface area contributed by atoms with Crippen LogP contribution in [0.1, 0.15) is 11.4 Å². The highest BCUT2D eigenvalue weighted by atomic mass is 16.5. The maximum Gasteiger partial charge on any atom is 0.266 e. The van der Waals surface area contributed by atoms with Gasteiger partial charge in [-0.15, -0.1) is 5.10 Å². The molecule has 0 N–H and O–H groups in total. The van der Waals surface area contributed by atoms with Crippen LogP contribution in [0.4, 0.5) is 5.69 Å². The SMILES string of the molecule is COc1ccc2nccc(N3CC(Cn4nc(-n5nc(C)cc5C)ccc4=O)C3)c2c1. The lowest BCUT2D eigenvalue weighted by Gasteiger charge is -2.41. The molecule has 4 aromatic rings. The largest absolute Gasteiger partial charge is 0.497 e. The number of aryl methyl sites for hydroxylation is 2. The van der Waals surface area contributed by atoms with Gasteiger partial charge in [-0.1, -0.05) is 0 Å². The van der Waals surface area contributed by atoms with Gasteiger partial charge in [0, 0.05) is 48.0 Å². The number of benzene rings is 1. The van der Waals surface area contributed by atoms with Gasteiger partial charge < -0.3 is 9.64 Å². The molecule has 0 saturated carbocycles. The number of ether oxygens (including phenoxy) is 1. The van der Waals surface area contributed by atoms with Gasteiger partial charge in [-0.2, -0.15) is 5.10 Å². The maximum atomic E-state index is 12.4. The molecule has 0 amide bonds. The van der Waals surface area contributed by atoms with Gasteiger partial charge in [0.1, 0.15) is 5.75 Å². The average Bonchev–Trinajstić information content (AvgIpc) is 3.09. The molecule has 1 aliphatic rings. The molecule has 1 saturated heterocycles. The smallest absolute Gasteiger partial charge is 0.266 e. The molecule has 0 spiro atoms. The summed E-state index contributed by atoms with van der Waals surface area (Å²) in [6, 6.07) is 13.2. The highest BCUT2D eigenvalue weighted by Crippen LogP contribution is 2.33. The van der Waals surface area contributed by atoms with Crippen molar-refractivity contribution in [3.05, 3.63) is 70.4 Å². The van der Waals surface area contributed by atoms with Crippen molar-refractivity contribution in [2.45, 2.75) is 20.4 Å². The predicted octanol–water partition coefficient (Wildman–Crippen LogP) is 2.74. The molecule has 3 aromatic heterocycles. The van der Waals surface area contributed by atoms with E-state index < -0.39 is 0 Å². The number of pyridine rings is 1. The average molecular weight is 416 g/mol. The third kappa shape index (κ3) is 3.54. The monoisotopic (exact) mass is 416 g/mol. The van der Waals surface area contributed by atoms with Gasteiger partial charge in [0.2, 0.25) is 0 Å². The molecule has 0 atom stereocenters. The predicted molar refractivity (Wildman–Crippen MR) is 119 cm³/mol. The van der Waals surface area contributed by atoms with Crippen LogP contribution in [0.25, 0.3) is 16.7 Å². The summed E-state index contributed by atoms with van der Waals surface area (Å²) < 4.78 is 8.71. The topological polar surface area (TPSA) is 78.1 Å². The van der Waals surface area contributed by atoms with Crippen LogP contribution in [-0.4, -0.2) is 44.7 Å². The van der Waals surface area contributed by atoms with Crippen molar-refractivity contribution in [2.75, 3.05) is 25.1 Å². The minimum absolute atomic E-state index is 0.0946. The summed E-state index contributed by atoms with van der Waals surface area (Å²) in [7, 11) is 1.67. The maximum absolute atomic E-state index is 12.4. The number of anilines is 1. The molecular weight excluding hydrogens is 392 g/mol. The molecule has 158 valence electrons. The van der Waals surface area contributed by atoms with E-state index in [1.165, 1.54) is 0 Å². The lowest BCUT2D eigenvalue weighted by atomic mass is 9.98. The first-order chi connectivity index (χ1) is 15.0. The molecule has 0 bridgehead atoms. The van der Waals surface area contributed by atoms with E-state index in [2.05, 4.69) is 20.1 Å². The summed E-state index contributed by atoms with van der Waals surface area (Å²) in [6.45, 7) is 6.22. The number of nitrogens with zero attached hydrogens (tertiary/aromatic N) is 6. The highest BCUT2D eigenvalue weighted by Gasteiger charge is 2.29. The quantitative estimate of drug-likeness (QED) is 0.498. The summed E-state index contributed by atoms with van der Waals surface area (Å²) in [5, 5.41) is 10.1. The zero-order valence-electron chi connectivity index (χ0n) is 17.8. The van der Waals surface area contributed by atoms with Crippen LogP contribution in [0.5, 0.6) is 5.75 Å². The lowest BCUT2D eigenvalue weighted by Crippen LogP contribution is -2.49. The lowest BCUT2D eigenvalue weighted by molar-refractivity contribution is 0.334. The first-order valence-electron chi connectivity index (χ1n) is 10.3. The fraction of sp³-hybridized carbons (Fsp3) is 0.304. The van der Waals surface area contributed by atoms with E-state index in [-0.39, 0.29) is 5.56 Å². The Morgan fingerprint density at radius 3 is 2.65 bits per heavy atom. The first-order valence-corrected chi connectivity index (χ1v) is 10.3. The Morgan fingerprint density at radius 1 is 1.06 bits per heavy atom. The molecular formula is C23H24N6O2. The van der Waals surface area contributed by atoms with Gasteiger partial charge in [-0.05, 0) is 50.2 Å². The Hall–Kier alpha value is -3.68. The normalized spacial score (nSPS) is 14.1. The van der Waals surface area contributed by atoms with E-state index in [1.807, 2.05) is 50.4 Å². The van der Waals surface area contributed by atoms with Crippen LogP contribution in [0.3, 0.4) is 0 Å². The number of hydrogen-bond donors (Lipinski definition) is 0. The minimum Gasteiger partial charge on any atom is -0.497 e. The number of rotatable bonds is 5. The molecule has 0 unspecified atom stereocenters. The third-order valence-corrected chi connectivity index (χ3v) is 5.73. The van der Waals surface area contributed by atoms with Crippen LogP contribution in [0.2, 0.25) is 0 Å². The summed E-state index contributed by atoms with van der Waals surface area (Å²) in [6.07, 6.45) is 1.83. The Kier molecular flexibility index (Phi) is 4.69. The van der Waals surface area contributed by atoms with Gasteiger partial charge in [0.15, 0.2) is 5.82 Å². The fourth-order valence-electron chi connectivity index (χ4n) is 4.18. The third-order valence-electron chi connectivity index (χ3n) is 5.73. The molecule has 5 rings (SSSR count). The van der Waals surface area contributed by atoms with E-state index in [9.17, 15) is 4.79 Å². The molecule has 1 aliphatic heterocycles. The Balaban J connectivity index is 1.35. The van der Waals surface area contributed by atoms with Crippen LogP contribution >= 0.6 is 0 Å². The van der Waals surface area contributed by atoms with E-state index in [4.69, 9.17) is 4.74 Å². The van der Waals surface area contributed by atoms with Crippen LogP contribution in [0.15, 0.2) is 53.5 Å². The second kappa shape index (κ2) is 7.54. The molecule has 1 aromatic carbocycles. The molecule has 8 heteroatoms. The molecule has 0 radical (unpaired) electrons. The Labute approximate surface area is 179 Å². The number of hydrogen-bond acceptors (Lipinski definition) is 6. The summed E-state index contributed by atoms with van der Waals surface area (Å²) >= 11 is 0. The second-order valence-corrected chi connectivity index (χ2v) is 8.03. The van der Waals surface area contributed by atoms with Crippen molar-refractivity contribution in [1.82, 2.24) is 24.5 Å². The molecule has 0 aliphatic carbocycles.